The summed E-state index contributed by atoms with van der Waals surface area (Å²) < 4.78 is 23.6. The Balaban J connectivity index is 1.75. The van der Waals surface area contributed by atoms with Crippen LogP contribution in [0.3, 0.4) is 0 Å². The van der Waals surface area contributed by atoms with Crippen LogP contribution in [0.5, 0.6) is 0 Å². The number of primary amides is 1. The summed E-state index contributed by atoms with van der Waals surface area (Å²) in [5, 5.41) is 13.1. The number of anilines is 2. The number of hydrogen-bond acceptors (Lipinski definition) is 8. The number of aliphatic hydroxyl groups is 1. The van der Waals surface area contributed by atoms with E-state index < -0.39 is 27.4 Å². The number of carbonyl (C=O) groups is 1. The number of sulfone groups is 1. The maximum absolute atomic E-state index is 11.9. The average Bonchev–Trinajstić information content (AvgIpc) is 2.71. The summed E-state index contributed by atoms with van der Waals surface area (Å²) in [5.74, 6) is -0.146. The molecule has 1 saturated carbocycles. The molecule has 1 amide bonds. The predicted molar refractivity (Wildman–Crippen MR) is 127 cm³/mol. The van der Waals surface area contributed by atoms with Crippen LogP contribution in [0.4, 0.5) is 11.5 Å². The SMILES string of the molecule is CC1(O)CCC(CCC(N)c2cnc(C(N)=O)c(Nc3ccc(S(C)(=O)=O)c(Cl)c3)n2)CC1. The number of hydrogen-bond donors (Lipinski definition) is 4. The van der Waals surface area contributed by atoms with Crippen LogP contribution >= 0.6 is 11.6 Å². The van der Waals surface area contributed by atoms with Crippen molar-refractivity contribution < 1.29 is 18.3 Å². The van der Waals surface area contributed by atoms with Crippen molar-refractivity contribution in [2.75, 3.05) is 11.6 Å². The Morgan fingerprint density at radius 3 is 2.61 bits per heavy atom. The summed E-state index contributed by atoms with van der Waals surface area (Å²) in [7, 11) is -3.48. The van der Waals surface area contributed by atoms with Crippen LogP contribution in [0, 0.1) is 5.92 Å². The number of halogens is 1. The molecular formula is C22H30ClN5O4S. The number of benzene rings is 1. The molecule has 1 heterocycles. The van der Waals surface area contributed by atoms with E-state index in [0.717, 1.165) is 38.4 Å². The van der Waals surface area contributed by atoms with Gasteiger partial charge in [-0.2, -0.15) is 0 Å². The van der Waals surface area contributed by atoms with Gasteiger partial charge in [-0.3, -0.25) is 4.79 Å². The standard InChI is InChI=1S/C22H30ClN5O4S/c1-22(30)9-7-13(8-10-22)3-5-16(24)17-12-26-19(20(25)29)21(28-17)27-14-4-6-18(15(23)11-14)33(2,31)32/h4,6,11-13,16,30H,3,5,7-10,24H2,1-2H3,(H2,25,29)(H,27,28). The molecule has 11 heteroatoms. The molecule has 1 fully saturated rings. The van der Waals surface area contributed by atoms with E-state index in [1.165, 1.54) is 24.4 Å². The first-order valence-electron chi connectivity index (χ1n) is 10.8. The maximum Gasteiger partial charge on any atom is 0.271 e. The van der Waals surface area contributed by atoms with Gasteiger partial charge in [0.25, 0.3) is 5.91 Å². The first kappa shape index (κ1) is 25.4. The molecule has 0 aliphatic heterocycles. The zero-order valence-electron chi connectivity index (χ0n) is 18.7. The zero-order chi connectivity index (χ0) is 24.4. The number of nitrogens with two attached hydrogens (primary N) is 2. The molecule has 6 N–H and O–H groups in total. The number of amides is 1. The molecule has 180 valence electrons. The van der Waals surface area contributed by atoms with Gasteiger partial charge in [0.05, 0.1) is 27.4 Å². The third-order valence-corrected chi connectivity index (χ3v) is 7.65. The summed E-state index contributed by atoms with van der Waals surface area (Å²) in [5.41, 5.74) is 12.1. The predicted octanol–water partition coefficient (Wildman–Crippen LogP) is 3.10. The second-order valence-corrected chi connectivity index (χ2v) is 11.4. The van der Waals surface area contributed by atoms with Gasteiger partial charge < -0.3 is 21.9 Å². The summed E-state index contributed by atoms with van der Waals surface area (Å²) in [6, 6.07) is 3.92. The molecule has 1 aromatic carbocycles. The van der Waals surface area contributed by atoms with Crippen LogP contribution in [-0.2, 0) is 9.84 Å². The highest BCUT2D eigenvalue weighted by molar-refractivity contribution is 7.90. The molecule has 3 rings (SSSR count). The minimum Gasteiger partial charge on any atom is -0.390 e. The number of nitrogens with one attached hydrogen (secondary N) is 1. The fraction of sp³-hybridized carbons (Fsp3) is 0.500. The molecular weight excluding hydrogens is 466 g/mol. The molecule has 1 aromatic heterocycles. The van der Waals surface area contributed by atoms with E-state index in [4.69, 9.17) is 23.1 Å². The van der Waals surface area contributed by atoms with Crippen molar-refractivity contribution >= 4 is 38.9 Å². The summed E-state index contributed by atoms with van der Waals surface area (Å²) in [6.45, 7) is 1.88. The third-order valence-electron chi connectivity index (χ3n) is 6.07. The van der Waals surface area contributed by atoms with Crippen molar-refractivity contribution in [3.05, 3.63) is 40.8 Å². The van der Waals surface area contributed by atoms with Crippen molar-refractivity contribution in [2.24, 2.45) is 17.4 Å². The minimum atomic E-state index is -3.48. The van der Waals surface area contributed by atoms with Crippen LogP contribution in [0.2, 0.25) is 5.02 Å². The van der Waals surface area contributed by atoms with Crippen molar-refractivity contribution in [1.82, 2.24) is 9.97 Å². The van der Waals surface area contributed by atoms with Gasteiger partial charge in [0.2, 0.25) is 0 Å². The molecule has 1 unspecified atom stereocenters. The van der Waals surface area contributed by atoms with E-state index in [1.54, 1.807) is 0 Å². The highest BCUT2D eigenvalue weighted by Crippen LogP contribution is 2.35. The molecule has 1 aliphatic carbocycles. The smallest absolute Gasteiger partial charge is 0.271 e. The fourth-order valence-corrected chi connectivity index (χ4v) is 5.35. The van der Waals surface area contributed by atoms with Gasteiger partial charge in [0, 0.05) is 18.0 Å². The van der Waals surface area contributed by atoms with E-state index in [0.29, 0.717) is 23.7 Å². The Hall–Kier alpha value is -2.27. The number of carbonyl (C=O) groups excluding carboxylic acids is 1. The van der Waals surface area contributed by atoms with E-state index in [9.17, 15) is 18.3 Å². The monoisotopic (exact) mass is 495 g/mol. The first-order valence-corrected chi connectivity index (χ1v) is 13.0. The lowest BCUT2D eigenvalue weighted by atomic mass is 9.78. The molecule has 0 bridgehead atoms. The van der Waals surface area contributed by atoms with E-state index >= 15 is 0 Å². The topological polar surface area (TPSA) is 161 Å². The number of aromatic nitrogens is 2. The maximum atomic E-state index is 11.9. The first-order chi connectivity index (χ1) is 15.4. The number of rotatable bonds is 8. The lowest BCUT2D eigenvalue weighted by Gasteiger charge is -2.33. The third kappa shape index (κ3) is 6.63. The molecule has 1 atom stereocenters. The lowest BCUT2D eigenvalue weighted by molar-refractivity contribution is 0.00650. The second-order valence-electron chi connectivity index (χ2n) is 9.02. The minimum absolute atomic E-state index is 0.00377. The molecule has 0 radical (unpaired) electrons. The van der Waals surface area contributed by atoms with Crippen LogP contribution in [-0.4, -0.2) is 41.3 Å². The molecule has 0 spiro atoms. The van der Waals surface area contributed by atoms with Gasteiger partial charge >= 0.3 is 0 Å². The van der Waals surface area contributed by atoms with Gasteiger partial charge in [-0.1, -0.05) is 11.6 Å². The molecule has 1 aliphatic rings. The van der Waals surface area contributed by atoms with Gasteiger partial charge in [-0.15, -0.1) is 0 Å². The van der Waals surface area contributed by atoms with Gasteiger partial charge in [-0.25, -0.2) is 18.4 Å². The normalized spacial score (nSPS) is 22.0. The second kappa shape index (κ2) is 9.92. The average molecular weight is 496 g/mol. The summed E-state index contributed by atoms with van der Waals surface area (Å²) >= 11 is 6.11. The fourth-order valence-electron chi connectivity index (χ4n) is 4.02. The zero-order valence-corrected chi connectivity index (χ0v) is 20.3. The van der Waals surface area contributed by atoms with Crippen molar-refractivity contribution in [3.8, 4) is 0 Å². The highest BCUT2D eigenvalue weighted by atomic mass is 35.5. The van der Waals surface area contributed by atoms with Gasteiger partial charge in [0.15, 0.2) is 21.3 Å². The van der Waals surface area contributed by atoms with Crippen LogP contribution in [0.1, 0.15) is 67.7 Å². The van der Waals surface area contributed by atoms with Crippen LogP contribution in [0.15, 0.2) is 29.3 Å². The Kier molecular flexibility index (Phi) is 7.62. The van der Waals surface area contributed by atoms with Crippen molar-refractivity contribution in [1.29, 1.82) is 0 Å². The molecule has 33 heavy (non-hydrogen) atoms. The Morgan fingerprint density at radius 1 is 1.36 bits per heavy atom. The van der Waals surface area contributed by atoms with E-state index in [2.05, 4.69) is 15.3 Å². The Labute approximate surface area is 198 Å². The van der Waals surface area contributed by atoms with Crippen LogP contribution in [0.25, 0.3) is 0 Å². The molecule has 9 nitrogen and oxygen atoms in total. The van der Waals surface area contributed by atoms with Crippen molar-refractivity contribution in [2.45, 2.75) is 62.0 Å². The molecule has 0 saturated heterocycles. The van der Waals surface area contributed by atoms with Gasteiger partial charge in [0.1, 0.15) is 0 Å². The van der Waals surface area contributed by atoms with Gasteiger partial charge in [-0.05, 0) is 69.6 Å². The molecule has 2 aromatic rings. The van der Waals surface area contributed by atoms with Crippen LogP contribution < -0.4 is 16.8 Å². The summed E-state index contributed by atoms with van der Waals surface area (Å²) in [4.78, 5) is 20.5. The van der Waals surface area contributed by atoms with E-state index in [1.807, 2.05) is 6.92 Å². The highest BCUT2D eigenvalue weighted by Gasteiger charge is 2.29. The Bertz CT molecular complexity index is 1130. The van der Waals surface area contributed by atoms with E-state index in [-0.39, 0.29) is 21.4 Å². The van der Waals surface area contributed by atoms with Crippen molar-refractivity contribution in [3.63, 3.8) is 0 Å². The summed E-state index contributed by atoms with van der Waals surface area (Å²) in [6.07, 6.45) is 7.60. The quantitative estimate of drug-likeness (QED) is 0.434. The lowest BCUT2D eigenvalue weighted by Crippen LogP contribution is -2.30. The number of nitrogens with zero attached hydrogens (tertiary/aromatic N) is 2. The largest absolute Gasteiger partial charge is 0.390 e. The Morgan fingerprint density at radius 2 is 2.03 bits per heavy atom.